The molecule has 0 aliphatic rings. The number of ether oxygens (including phenoxy) is 2. The van der Waals surface area contributed by atoms with Crippen molar-refractivity contribution in [3.63, 3.8) is 0 Å². The maximum absolute atomic E-state index is 12.5. The Morgan fingerprint density at radius 2 is 1.96 bits per heavy atom. The molecule has 2 amide bonds. The predicted molar refractivity (Wildman–Crippen MR) is 109 cm³/mol. The molecule has 2 aromatic rings. The van der Waals surface area contributed by atoms with Crippen molar-refractivity contribution in [2.45, 2.75) is 13.0 Å². The van der Waals surface area contributed by atoms with Crippen molar-refractivity contribution in [2.75, 3.05) is 25.6 Å². The molecule has 0 heterocycles. The summed E-state index contributed by atoms with van der Waals surface area (Å²) in [5.74, 6) is -0.182. The second-order valence-corrected chi connectivity index (χ2v) is 6.91. The molecule has 0 aliphatic heterocycles. The molecule has 1 atom stereocenters. The Balaban J connectivity index is 2.05. The average Bonchev–Trinajstić information content (AvgIpc) is 2.64. The van der Waals surface area contributed by atoms with Gasteiger partial charge in [-0.1, -0.05) is 23.7 Å². The van der Waals surface area contributed by atoms with Crippen LogP contribution in [-0.4, -0.2) is 38.2 Å². The summed E-state index contributed by atoms with van der Waals surface area (Å²) in [5, 5.41) is 6.02. The van der Waals surface area contributed by atoms with Crippen molar-refractivity contribution in [1.29, 1.82) is 0 Å². The van der Waals surface area contributed by atoms with E-state index in [4.69, 9.17) is 21.1 Å². The molecule has 2 N–H and O–H groups in total. The van der Waals surface area contributed by atoms with Gasteiger partial charge in [0, 0.05) is 18.7 Å². The Labute approximate surface area is 171 Å². The standard InChI is InChI=1S/C19H20BrClN2O4/c1-12(27-17-8-7-13(21)11-15(17)20)18(24)23-16-6-4-3-5-14(16)19(25)22-9-10-26-2/h3-8,11-12H,9-10H2,1-2H3,(H,22,25)(H,23,24). The van der Waals surface area contributed by atoms with E-state index in [0.717, 1.165) is 0 Å². The molecule has 6 nitrogen and oxygen atoms in total. The van der Waals surface area contributed by atoms with Crippen molar-refractivity contribution in [2.24, 2.45) is 0 Å². The quantitative estimate of drug-likeness (QED) is 0.592. The van der Waals surface area contributed by atoms with E-state index in [-0.39, 0.29) is 11.8 Å². The minimum absolute atomic E-state index is 0.294. The number of benzene rings is 2. The molecule has 0 aliphatic carbocycles. The molecule has 0 spiro atoms. The topological polar surface area (TPSA) is 76.7 Å². The second-order valence-electron chi connectivity index (χ2n) is 5.62. The molecule has 0 bridgehead atoms. The van der Waals surface area contributed by atoms with Gasteiger partial charge in [-0.15, -0.1) is 0 Å². The van der Waals surface area contributed by atoms with E-state index in [1.807, 2.05) is 0 Å². The van der Waals surface area contributed by atoms with E-state index in [2.05, 4.69) is 26.6 Å². The lowest BCUT2D eigenvalue weighted by molar-refractivity contribution is -0.122. The van der Waals surface area contributed by atoms with Crippen molar-refractivity contribution in [1.82, 2.24) is 5.32 Å². The van der Waals surface area contributed by atoms with Gasteiger partial charge in [0.1, 0.15) is 5.75 Å². The molecule has 1 unspecified atom stereocenters. The van der Waals surface area contributed by atoms with E-state index >= 15 is 0 Å². The molecule has 0 saturated heterocycles. The number of para-hydroxylation sites is 1. The summed E-state index contributed by atoms with van der Waals surface area (Å²) in [5.41, 5.74) is 0.768. The van der Waals surface area contributed by atoms with Gasteiger partial charge < -0.3 is 20.1 Å². The van der Waals surface area contributed by atoms with Crippen molar-refractivity contribution >= 4 is 45.0 Å². The van der Waals surface area contributed by atoms with Gasteiger partial charge in [0.25, 0.3) is 11.8 Å². The molecular weight excluding hydrogens is 436 g/mol. The summed E-state index contributed by atoms with van der Waals surface area (Å²) in [4.78, 5) is 24.8. The molecule has 0 radical (unpaired) electrons. The van der Waals surface area contributed by atoms with Crippen LogP contribution in [0.4, 0.5) is 5.69 Å². The number of halogens is 2. The highest BCUT2D eigenvalue weighted by molar-refractivity contribution is 9.10. The fraction of sp³-hybridized carbons (Fsp3) is 0.263. The van der Waals surface area contributed by atoms with Gasteiger partial charge in [-0.2, -0.15) is 0 Å². The summed E-state index contributed by atoms with van der Waals surface area (Å²) in [6.07, 6.45) is -0.785. The largest absolute Gasteiger partial charge is 0.480 e. The zero-order valence-corrected chi connectivity index (χ0v) is 17.3. The number of hydrogen-bond acceptors (Lipinski definition) is 4. The minimum atomic E-state index is -0.785. The third-order valence-corrected chi connectivity index (χ3v) is 4.44. The lowest BCUT2D eigenvalue weighted by atomic mass is 10.1. The van der Waals surface area contributed by atoms with Gasteiger partial charge in [0.2, 0.25) is 0 Å². The first-order chi connectivity index (χ1) is 12.9. The molecule has 0 fully saturated rings. The Bertz CT molecular complexity index is 816. The maximum atomic E-state index is 12.5. The Morgan fingerprint density at radius 3 is 2.67 bits per heavy atom. The summed E-state index contributed by atoms with van der Waals surface area (Å²) in [6, 6.07) is 11.8. The molecule has 27 heavy (non-hydrogen) atoms. The van der Waals surface area contributed by atoms with Crippen LogP contribution >= 0.6 is 27.5 Å². The zero-order chi connectivity index (χ0) is 19.8. The van der Waals surface area contributed by atoms with E-state index < -0.39 is 6.10 Å². The fourth-order valence-electron chi connectivity index (χ4n) is 2.20. The molecular formula is C19H20BrClN2O4. The van der Waals surface area contributed by atoms with Crippen molar-refractivity contribution < 1.29 is 19.1 Å². The summed E-state index contributed by atoms with van der Waals surface area (Å²) in [7, 11) is 1.56. The van der Waals surface area contributed by atoms with Crippen LogP contribution < -0.4 is 15.4 Å². The van der Waals surface area contributed by atoms with Gasteiger partial charge in [0.05, 0.1) is 22.3 Å². The monoisotopic (exact) mass is 454 g/mol. The SMILES string of the molecule is COCCNC(=O)c1ccccc1NC(=O)C(C)Oc1ccc(Cl)cc1Br. The highest BCUT2D eigenvalue weighted by Crippen LogP contribution is 2.29. The third-order valence-electron chi connectivity index (χ3n) is 3.59. The van der Waals surface area contributed by atoms with Gasteiger partial charge in [-0.25, -0.2) is 0 Å². The number of hydrogen-bond donors (Lipinski definition) is 2. The number of rotatable bonds is 8. The smallest absolute Gasteiger partial charge is 0.265 e. The molecule has 0 saturated carbocycles. The normalized spacial score (nSPS) is 11.6. The lowest BCUT2D eigenvalue weighted by Crippen LogP contribution is -2.32. The third kappa shape index (κ3) is 6.23. The van der Waals surface area contributed by atoms with E-state index in [9.17, 15) is 9.59 Å². The Kier molecular flexibility index (Phi) is 8.09. The molecule has 144 valence electrons. The number of carbonyl (C=O) groups is 2. The molecule has 0 aromatic heterocycles. The number of methoxy groups -OCH3 is 1. The second kappa shape index (κ2) is 10.3. The van der Waals surface area contributed by atoms with Crippen LogP contribution in [0.3, 0.4) is 0 Å². The Hall–Kier alpha value is -2.09. The van der Waals surface area contributed by atoms with Crippen LogP contribution in [0.5, 0.6) is 5.75 Å². The molecule has 8 heteroatoms. The maximum Gasteiger partial charge on any atom is 0.265 e. The van der Waals surface area contributed by atoms with Gasteiger partial charge in [-0.05, 0) is 53.2 Å². The highest BCUT2D eigenvalue weighted by atomic mass is 79.9. The van der Waals surface area contributed by atoms with Crippen LogP contribution in [0, 0.1) is 0 Å². The highest BCUT2D eigenvalue weighted by Gasteiger charge is 2.19. The molecule has 2 rings (SSSR count). The van der Waals surface area contributed by atoms with Crippen LogP contribution in [0.2, 0.25) is 5.02 Å². The van der Waals surface area contributed by atoms with Gasteiger partial charge >= 0.3 is 0 Å². The fourth-order valence-corrected chi connectivity index (χ4v) is 2.98. The van der Waals surface area contributed by atoms with Crippen molar-refractivity contribution in [3.8, 4) is 5.75 Å². The predicted octanol–water partition coefficient (Wildman–Crippen LogP) is 3.88. The number of nitrogens with one attached hydrogen (secondary N) is 2. The Morgan fingerprint density at radius 1 is 1.22 bits per heavy atom. The number of amides is 2. The van der Waals surface area contributed by atoms with Gasteiger partial charge in [-0.3, -0.25) is 9.59 Å². The van der Waals surface area contributed by atoms with E-state index in [1.54, 1.807) is 56.5 Å². The summed E-state index contributed by atoms with van der Waals surface area (Å²) in [6.45, 7) is 2.40. The zero-order valence-electron chi connectivity index (χ0n) is 14.9. The number of anilines is 1. The van der Waals surface area contributed by atoms with Gasteiger partial charge in [0.15, 0.2) is 6.10 Å². The minimum Gasteiger partial charge on any atom is -0.480 e. The van der Waals surface area contributed by atoms with Crippen LogP contribution in [0.1, 0.15) is 17.3 Å². The first-order valence-electron chi connectivity index (χ1n) is 8.21. The summed E-state index contributed by atoms with van der Waals surface area (Å²) < 4.78 is 11.2. The first kappa shape index (κ1) is 21.2. The first-order valence-corrected chi connectivity index (χ1v) is 9.38. The van der Waals surface area contributed by atoms with Crippen molar-refractivity contribution in [3.05, 3.63) is 57.5 Å². The van der Waals surface area contributed by atoms with Crippen LogP contribution in [0.25, 0.3) is 0 Å². The van der Waals surface area contributed by atoms with Crippen LogP contribution in [-0.2, 0) is 9.53 Å². The number of carbonyl (C=O) groups excluding carboxylic acids is 2. The molecule has 2 aromatic carbocycles. The average molecular weight is 456 g/mol. The lowest BCUT2D eigenvalue weighted by Gasteiger charge is -2.17. The summed E-state index contributed by atoms with van der Waals surface area (Å²) >= 11 is 9.25. The van der Waals surface area contributed by atoms with E-state index in [1.165, 1.54) is 0 Å². The van der Waals surface area contributed by atoms with E-state index in [0.29, 0.717) is 39.6 Å². The van der Waals surface area contributed by atoms with Crippen LogP contribution in [0.15, 0.2) is 46.9 Å².